The van der Waals surface area contributed by atoms with Crippen molar-refractivity contribution >= 4 is 12.4 Å². The average molecular weight is 224 g/mol. The zero-order valence-corrected chi connectivity index (χ0v) is 10.9. The Labute approximate surface area is 93.3 Å². The van der Waals surface area contributed by atoms with Gasteiger partial charge in [-0.2, -0.15) is 0 Å². The van der Waals surface area contributed by atoms with Crippen LogP contribution >= 0.6 is 7.14 Å². The summed E-state index contributed by atoms with van der Waals surface area (Å²) < 4.78 is 12.7. The maximum Gasteiger partial charge on any atom is 0.115 e. The van der Waals surface area contributed by atoms with Crippen molar-refractivity contribution < 1.29 is 4.57 Å². The van der Waals surface area contributed by atoms with E-state index in [0.717, 1.165) is 30.5 Å². The van der Waals surface area contributed by atoms with Crippen molar-refractivity contribution in [2.24, 2.45) is 0 Å². The summed E-state index contributed by atoms with van der Waals surface area (Å²) in [6.07, 6.45) is 3.84. The molecule has 0 heterocycles. The van der Waals surface area contributed by atoms with Gasteiger partial charge in [-0.3, -0.25) is 0 Å². The summed E-state index contributed by atoms with van der Waals surface area (Å²) in [6.45, 7) is 6.25. The maximum absolute atomic E-state index is 12.7. The normalized spacial score (nSPS) is 14.9. The molecule has 1 unspecified atom stereocenters. The highest BCUT2D eigenvalue weighted by molar-refractivity contribution is 7.71. The van der Waals surface area contributed by atoms with Crippen LogP contribution in [-0.2, 0) is 4.57 Å². The topological polar surface area (TPSA) is 17.1 Å². The summed E-state index contributed by atoms with van der Waals surface area (Å²) in [5.41, 5.74) is 1.23. The number of aryl methyl sites for hydroxylation is 1. The Morgan fingerprint density at radius 2 is 1.73 bits per heavy atom. The van der Waals surface area contributed by atoms with Crippen LogP contribution in [-0.4, -0.2) is 12.3 Å². The van der Waals surface area contributed by atoms with Crippen LogP contribution in [0.5, 0.6) is 0 Å². The fraction of sp³-hybridized carbons (Fsp3) is 0.538. The molecule has 1 atom stereocenters. The van der Waals surface area contributed by atoms with Crippen molar-refractivity contribution in [2.75, 3.05) is 12.3 Å². The van der Waals surface area contributed by atoms with Gasteiger partial charge < -0.3 is 4.57 Å². The van der Waals surface area contributed by atoms with Crippen LogP contribution in [0.1, 0.15) is 32.3 Å². The Bertz CT molecular complexity index is 340. The van der Waals surface area contributed by atoms with Crippen LogP contribution < -0.4 is 5.30 Å². The molecule has 0 radical (unpaired) electrons. The van der Waals surface area contributed by atoms with Gasteiger partial charge in [0.05, 0.1) is 0 Å². The van der Waals surface area contributed by atoms with Crippen molar-refractivity contribution in [2.45, 2.75) is 33.6 Å². The van der Waals surface area contributed by atoms with Crippen LogP contribution in [0, 0.1) is 6.92 Å². The number of unbranched alkanes of at least 4 members (excludes halogenated alkanes) is 1. The molecule has 0 amide bonds. The number of hydrogen-bond donors (Lipinski definition) is 0. The van der Waals surface area contributed by atoms with E-state index in [4.69, 9.17) is 0 Å². The minimum atomic E-state index is -2.09. The molecule has 0 aromatic heterocycles. The molecule has 0 saturated heterocycles. The molecule has 0 aliphatic heterocycles. The number of hydrogen-bond acceptors (Lipinski definition) is 1. The molecule has 2 heteroatoms. The standard InChI is InChI=1S/C13H21OP/c1-4-6-11-15(14,5-2)13-9-7-12(3)8-10-13/h7-10H,4-6,11H2,1-3H3. The molecule has 0 aliphatic carbocycles. The summed E-state index contributed by atoms with van der Waals surface area (Å²) in [6, 6.07) is 8.19. The zero-order chi connectivity index (χ0) is 11.3. The molecule has 0 saturated carbocycles. The van der Waals surface area contributed by atoms with Gasteiger partial charge in [-0.15, -0.1) is 0 Å². The molecule has 1 rings (SSSR count). The van der Waals surface area contributed by atoms with Crippen molar-refractivity contribution in [1.82, 2.24) is 0 Å². The lowest BCUT2D eigenvalue weighted by atomic mass is 10.2. The molecule has 1 nitrogen and oxygen atoms in total. The van der Waals surface area contributed by atoms with Gasteiger partial charge in [-0.25, -0.2) is 0 Å². The van der Waals surface area contributed by atoms with Crippen molar-refractivity contribution in [3.05, 3.63) is 29.8 Å². The predicted molar refractivity (Wildman–Crippen MR) is 68.7 cm³/mol. The van der Waals surface area contributed by atoms with Gasteiger partial charge in [-0.05, 0) is 13.3 Å². The van der Waals surface area contributed by atoms with E-state index in [1.165, 1.54) is 5.56 Å². The smallest absolute Gasteiger partial charge is 0.115 e. The Balaban J connectivity index is 2.90. The molecule has 1 aromatic rings. The quantitative estimate of drug-likeness (QED) is 0.695. The first-order chi connectivity index (χ1) is 7.12. The Morgan fingerprint density at radius 3 is 2.20 bits per heavy atom. The number of benzene rings is 1. The van der Waals surface area contributed by atoms with E-state index in [1.807, 2.05) is 19.1 Å². The first-order valence-corrected chi connectivity index (χ1v) is 7.85. The SMILES string of the molecule is CCCCP(=O)(CC)c1ccc(C)cc1. The van der Waals surface area contributed by atoms with Gasteiger partial charge in [0, 0.05) is 17.6 Å². The Kier molecular flexibility index (Phi) is 4.60. The molecule has 0 N–H and O–H groups in total. The van der Waals surface area contributed by atoms with Gasteiger partial charge >= 0.3 is 0 Å². The van der Waals surface area contributed by atoms with Gasteiger partial charge in [0.15, 0.2) is 0 Å². The zero-order valence-electron chi connectivity index (χ0n) is 9.99. The van der Waals surface area contributed by atoms with E-state index in [2.05, 4.69) is 26.0 Å². The second-order valence-electron chi connectivity index (χ2n) is 4.12. The fourth-order valence-electron chi connectivity index (χ4n) is 1.70. The van der Waals surface area contributed by atoms with Crippen LogP contribution in [0.2, 0.25) is 0 Å². The second kappa shape index (κ2) is 5.51. The van der Waals surface area contributed by atoms with Gasteiger partial charge in [0.2, 0.25) is 0 Å². The van der Waals surface area contributed by atoms with Gasteiger partial charge in [-0.1, -0.05) is 50.1 Å². The summed E-state index contributed by atoms with van der Waals surface area (Å²) >= 11 is 0. The Morgan fingerprint density at radius 1 is 1.13 bits per heavy atom. The highest BCUT2D eigenvalue weighted by atomic mass is 31.2. The third-order valence-corrected chi connectivity index (χ3v) is 6.19. The van der Waals surface area contributed by atoms with E-state index >= 15 is 0 Å². The molecule has 15 heavy (non-hydrogen) atoms. The lowest BCUT2D eigenvalue weighted by Crippen LogP contribution is -2.09. The van der Waals surface area contributed by atoms with Crippen LogP contribution in [0.3, 0.4) is 0 Å². The first kappa shape index (κ1) is 12.5. The monoisotopic (exact) mass is 224 g/mol. The molecule has 0 spiro atoms. The maximum atomic E-state index is 12.7. The van der Waals surface area contributed by atoms with E-state index in [9.17, 15) is 4.57 Å². The third kappa shape index (κ3) is 3.21. The van der Waals surface area contributed by atoms with E-state index in [-0.39, 0.29) is 0 Å². The van der Waals surface area contributed by atoms with Crippen molar-refractivity contribution in [3.8, 4) is 0 Å². The second-order valence-corrected chi connectivity index (χ2v) is 7.49. The molecule has 84 valence electrons. The number of rotatable bonds is 5. The minimum absolute atomic E-state index is 0.788. The minimum Gasteiger partial charge on any atom is -0.319 e. The largest absolute Gasteiger partial charge is 0.319 e. The highest BCUT2D eigenvalue weighted by Crippen LogP contribution is 2.44. The lowest BCUT2D eigenvalue weighted by molar-refractivity contribution is 0.579. The third-order valence-electron chi connectivity index (χ3n) is 2.89. The summed E-state index contributed by atoms with van der Waals surface area (Å²) in [5, 5.41) is 1.06. The molecule has 0 fully saturated rings. The molecule has 0 aliphatic rings. The summed E-state index contributed by atoms with van der Waals surface area (Å²) in [7, 11) is -2.09. The molecular formula is C13H21OP. The first-order valence-electron chi connectivity index (χ1n) is 5.77. The van der Waals surface area contributed by atoms with E-state index < -0.39 is 7.14 Å². The highest BCUT2D eigenvalue weighted by Gasteiger charge is 2.20. The molecule has 1 aromatic carbocycles. The lowest BCUT2D eigenvalue weighted by Gasteiger charge is -2.16. The van der Waals surface area contributed by atoms with Crippen molar-refractivity contribution in [1.29, 1.82) is 0 Å². The van der Waals surface area contributed by atoms with Crippen LogP contribution in [0.4, 0.5) is 0 Å². The van der Waals surface area contributed by atoms with Gasteiger partial charge in [0.1, 0.15) is 7.14 Å². The Hall–Kier alpha value is -0.550. The van der Waals surface area contributed by atoms with Gasteiger partial charge in [0.25, 0.3) is 0 Å². The van der Waals surface area contributed by atoms with E-state index in [0.29, 0.717) is 0 Å². The molecule has 0 bridgehead atoms. The van der Waals surface area contributed by atoms with Crippen LogP contribution in [0.25, 0.3) is 0 Å². The summed E-state index contributed by atoms with van der Waals surface area (Å²) in [4.78, 5) is 0. The summed E-state index contributed by atoms with van der Waals surface area (Å²) in [5.74, 6) is 0. The van der Waals surface area contributed by atoms with E-state index in [1.54, 1.807) is 0 Å². The predicted octanol–water partition coefficient (Wildman–Crippen LogP) is 3.80. The molecular weight excluding hydrogens is 203 g/mol. The average Bonchev–Trinajstić information content (AvgIpc) is 2.27. The van der Waals surface area contributed by atoms with Crippen molar-refractivity contribution in [3.63, 3.8) is 0 Å². The fourth-order valence-corrected chi connectivity index (χ4v) is 4.16. The van der Waals surface area contributed by atoms with Crippen LogP contribution in [0.15, 0.2) is 24.3 Å².